The SMILES string of the molecule is CCCCCc1cc(F)c(-c2nc3cc(C)ccn3c2CC2CN(C(=O)O)CCO2)c(F)c1.O=C1CO1. The number of nitrogens with zero attached hydrogens (tertiary/aromatic N) is 3. The van der Waals surface area contributed by atoms with Gasteiger partial charge in [0.25, 0.3) is 0 Å². The lowest BCUT2D eigenvalue weighted by Gasteiger charge is -2.31. The number of carbonyl (C=O) groups is 2. The van der Waals surface area contributed by atoms with Gasteiger partial charge in [-0.3, -0.25) is 0 Å². The maximum absolute atomic E-state index is 15.2. The highest BCUT2D eigenvalue weighted by Crippen LogP contribution is 2.32. The smallest absolute Gasteiger partial charge is 0.407 e. The number of morpholine rings is 1. The molecule has 2 saturated heterocycles. The molecule has 8 nitrogen and oxygen atoms in total. The van der Waals surface area contributed by atoms with Crippen LogP contribution in [0.15, 0.2) is 30.5 Å². The third-order valence-electron chi connectivity index (χ3n) is 6.38. The third-order valence-corrected chi connectivity index (χ3v) is 6.38. The summed E-state index contributed by atoms with van der Waals surface area (Å²) in [6, 6.07) is 6.55. The molecule has 1 atom stereocenters. The van der Waals surface area contributed by atoms with Crippen LogP contribution in [0.4, 0.5) is 13.6 Å². The Hall–Kier alpha value is -3.53. The molecule has 5 rings (SSSR count). The van der Waals surface area contributed by atoms with Gasteiger partial charge < -0.3 is 23.9 Å². The van der Waals surface area contributed by atoms with Crippen molar-refractivity contribution in [2.75, 3.05) is 26.3 Å². The summed E-state index contributed by atoms with van der Waals surface area (Å²) < 4.78 is 42.1. The first-order valence-electron chi connectivity index (χ1n) is 12.5. The number of amides is 1. The number of imidazole rings is 1. The second kappa shape index (κ2) is 11.7. The Labute approximate surface area is 213 Å². The number of aryl methyl sites for hydroxylation is 2. The van der Waals surface area contributed by atoms with E-state index in [1.807, 2.05) is 25.3 Å². The molecule has 0 bridgehead atoms. The number of unbranched alkanes of at least 4 members (excludes halogenated alkanes) is 2. The quantitative estimate of drug-likeness (QED) is 0.359. The number of ether oxygens (including phenoxy) is 2. The van der Waals surface area contributed by atoms with Crippen LogP contribution in [0.5, 0.6) is 0 Å². The molecule has 2 fully saturated rings. The minimum atomic E-state index is -1.01. The minimum absolute atomic E-state index is 0.0833. The van der Waals surface area contributed by atoms with Crippen LogP contribution in [-0.4, -0.2) is 63.9 Å². The standard InChI is InChI=1S/C25H29F2N3O3.C2H2O2/c1-3-4-5-6-17-12-19(26)23(20(27)13-17)24-21(30-8-7-16(2)11-22(30)28-24)14-18-15-29(25(31)32)9-10-33-18;3-2-1-4-2/h7-8,11-13,18H,3-6,9-10,14-15H2,1-2H3,(H,31,32);1H2. The van der Waals surface area contributed by atoms with Gasteiger partial charge in [0.05, 0.1) is 36.2 Å². The van der Waals surface area contributed by atoms with Gasteiger partial charge in [0.2, 0.25) is 0 Å². The van der Waals surface area contributed by atoms with E-state index < -0.39 is 23.8 Å². The van der Waals surface area contributed by atoms with E-state index in [4.69, 9.17) is 4.74 Å². The van der Waals surface area contributed by atoms with E-state index in [2.05, 4.69) is 16.6 Å². The highest BCUT2D eigenvalue weighted by atomic mass is 19.1. The number of cyclic esters (lactones) is 1. The van der Waals surface area contributed by atoms with Crippen molar-refractivity contribution in [1.29, 1.82) is 0 Å². The number of hydrogen-bond acceptors (Lipinski definition) is 5. The molecule has 3 aromatic rings. The average Bonchev–Trinajstić information content (AvgIpc) is 3.57. The van der Waals surface area contributed by atoms with Crippen LogP contribution in [-0.2, 0) is 27.1 Å². The van der Waals surface area contributed by atoms with Gasteiger partial charge in [0.15, 0.2) is 6.61 Å². The second-order valence-corrected chi connectivity index (χ2v) is 9.32. The number of fused-ring (bicyclic) bond motifs is 1. The minimum Gasteiger partial charge on any atom is -0.465 e. The van der Waals surface area contributed by atoms with Crippen LogP contribution in [0.2, 0.25) is 0 Å². The zero-order valence-electron chi connectivity index (χ0n) is 21.0. The largest absolute Gasteiger partial charge is 0.465 e. The molecule has 1 amide bonds. The Kier molecular flexibility index (Phi) is 8.38. The first-order chi connectivity index (χ1) is 17.8. The number of pyridine rings is 1. The molecule has 1 N–H and O–H groups in total. The number of epoxide rings is 1. The number of aromatic nitrogens is 2. The van der Waals surface area contributed by atoms with Gasteiger partial charge in [0.1, 0.15) is 17.3 Å². The Morgan fingerprint density at radius 1 is 1.22 bits per heavy atom. The summed E-state index contributed by atoms with van der Waals surface area (Å²) >= 11 is 0. The van der Waals surface area contributed by atoms with Crippen molar-refractivity contribution in [3.05, 3.63) is 58.9 Å². The van der Waals surface area contributed by atoms with Crippen LogP contribution in [0, 0.1) is 18.6 Å². The van der Waals surface area contributed by atoms with E-state index in [-0.39, 0.29) is 36.8 Å². The molecule has 0 aliphatic carbocycles. The molecule has 0 spiro atoms. The molecule has 198 valence electrons. The number of halogens is 2. The van der Waals surface area contributed by atoms with E-state index in [9.17, 15) is 14.7 Å². The number of carbonyl (C=O) groups excluding carboxylic acids is 1. The molecule has 2 aliphatic rings. The summed E-state index contributed by atoms with van der Waals surface area (Å²) in [6.07, 6.45) is 4.21. The summed E-state index contributed by atoms with van der Waals surface area (Å²) in [5.74, 6) is -1.36. The zero-order valence-corrected chi connectivity index (χ0v) is 21.0. The Morgan fingerprint density at radius 3 is 2.54 bits per heavy atom. The first-order valence-corrected chi connectivity index (χ1v) is 12.5. The summed E-state index contributed by atoms with van der Waals surface area (Å²) in [4.78, 5) is 26.6. The summed E-state index contributed by atoms with van der Waals surface area (Å²) in [5.41, 5.74) is 2.86. The fourth-order valence-electron chi connectivity index (χ4n) is 4.43. The van der Waals surface area contributed by atoms with Crippen molar-refractivity contribution in [2.45, 2.75) is 52.1 Å². The average molecular weight is 516 g/mol. The maximum atomic E-state index is 15.2. The molecule has 0 radical (unpaired) electrons. The zero-order chi connectivity index (χ0) is 26.5. The van der Waals surface area contributed by atoms with E-state index in [1.54, 1.807) is 4.40 Å². The number of rotatable bonds is 7. The van der Waals surface area contributed by atoms with Crippen LogP contribution in [0.1, 0.15) is 43.0 Å². The molecule has 2 aromatic heterocycles. The van der Waals surface area contributed by atoms with Crippen molar-refractivity contribution in [3.8, 4) is 11.3 Å². The second-order valence-electron chi connectivity index (χ2n) is 9.32. The molecule has 4 heterocycles. The molecule has 2 aliphatic heterocycles. The number of hydrogen-bond donors (Lipinski definition) is 1. The lowest BCUT2D eigenvalue weighted by molar-refractivity contribution is -0.117. The van der Waals surface area contributed by atoms with E-state index in [1.165, 1.54) is 17.0 Å². The molecule has 0 saturated carbocycles. The molecule has 37 heavy (non-hydrogen) atoms. The van der Waals surface area contributed by atoms with Gasteiger partial charge in [-0.1, -0.05) is 19.8 Å². The maximum Gasteiger partial charge on any atom is 0.407 e. The fourth-order valence-corrected chi connectivity index (χ4v) is 4.43. The first kappa shape index (κ1) is 26.5. The Morgan fingerprint density at radius 2 is 1.92 bits per heavy atom. The van der Waals surface area contributed by atoms with Gasteiger partial charge in [-0.2, -0.15) is 0 Å². The fraction of sp³-hybridized carbons (Fsp3) is 0.444. The lowest BCUT2D eigenvalue weighted by Crippen LogP contribution is -2.45. The van der Waals surface area contributed by atoms with Crippen LogP contribution in [0.3, 0.4) is 0 Å². The molecular formula is C27H31F2N3O5. The van der Waals surface area contributed by atoms with E-state index in [0.29, 0.717) is 36.5 Å². The predicted molar refractivity (Wildman–Crippen MR) is 133 cm³/mol. The van der Waals surface area contributed by atoms with Gasteiger partial charge >= 0.3 is 12.1 Å². The van der Waals surface area contributed by atoms with Crippen molar-refractivity contribution < 1.29 is 33.0 Å². The van der Waals surface area contributed by atoms with Crippen LogP contribution in [0.25, 0.3) is 16.9 Å². The number of benzene rings is 1. The molecular weight excluding hydrogens is 484 g/mol. The number of carboxylic acid groups (broad SMARTS) is 1. The van der Waals surface area contributed by atoms with Gasteiger partial charge in [0, 0.05) is 19.2 Å². The normalized spacial score (nSPS) is 16.8. The topological polar surface area (TPSA) is 96.7 Å². The van der Waals surface area contributed by atoms with Gasteiger partial charge in [-0.05, 0) is 55.2 Å². The summed E-state index contributed by atoms with van der Waals surface area (Å²) in [7, 11) is 0. The lowest BCUT2D eigenvalue weighted by atomic mass is 10.0. The van der Waals surface area contributed by atoms with Crippen molar-refractivity contribution in [3.63, 3.8) is 0 Å². The molecule has 10 heteroatoms. The van der Waals surface area contributed by atoms with Crippen LogP contribution >= 0.6 is 0 Å². The molecule has 1 unspecified atom stereocenters. The monoisotopic (exact) mass is 515 g/mol. The van der Waals surface area contributed by atoms with E-state index in [0.717, 1.165) is 24.8 Å². The van der Waals surface area contributed by atoms with Crippen molar-refractivity contribution >= 4 is 17.7 Å². The van der Waals surface area contributed by atoms with E-state index >= 15 is 8.78 Å². The predicted octanol–water partition coefficient (Wildman–Crippen LogP) is 4.79. The Bertz CT molecular complexity index is 1260. The Balaban J connectivity index is 0.000000730. The highest BCUT2D eigenvalue weighted by molar-refractivity contribution is 5.82. The summed E-state index contributed by atoms with van der Waals surface area (Å²) in [5, 5.41) is 9.35. The van der Waals surface area contributed by atoms with Gasteiger partial charge in [-0.25, -0.2) is 23.4 Å². The van der Waals surface area contributed by atoms with Crippen molar-refractivity contribution in [2.24, 2.45) is 0 Å². The summed E-state index contributed by atoms with van der Waals surface area (Å²) in [6.45, 7) is 5.12. The highest BCUT2D eigenvalue weighted by Gasteiger charge is 2.28. The van der Waals surface area contributed by atoms with Gasteiger partial charge in [-0.15, -0.1) is 0 Å². The van der Waals surface area contributed by atoms with Crippen molar-refractivity contribution in [1.82, 2.24) is 14.3 Å². The molecule has 1 aromatic carbocycles. The third kappa shape index (κ3) is 6.62. The van der Waals surface area contributed by atoms with Crippen LogP contribution < -0.4 is 0 Å².